The van der Waals surface area contributed by atoms with Crippen molar-refractivity contribution >= 4 is 33.6 Å². The highest BCUT2D eigenvalue weighted by Gasteiger charge is 2.29. The van der Waals surface area contributed by atoms with Crippen LogP contribution >= 0.6 is 15.6 Å². The smallest absolute Gasteiger partial charge is 0.463 e. The van der Waals surface area contributed by atoms with E-state index in [2.05, 4.69) is 203 Å². The van der Waals surface area contributed by atoms with Gasteiger partial charge in [0.2, 0.25) is 0 Å². The summed E-state index contributed by atoms with van der Waals surface area (Å²) in [6.45, 7) is 2.41. The molecule has 0 heterocycles. The molecule has 0 fully saturated rings. The van der Waals surface area contributed by atoms with Crippen LogP contribution in [0.15, 0.2) is 182 Å². The summed E-state index contributed by atoms with van der Waals surface area (Å²) in [5, 5.41) is 20.7. The largest absolute Gasteiger partial charge is 0.472 e. The molecule has 0 spiro atoms. The highest BCUT2D eigenvalue weighted by atomic mass is 31.2. The van der Waals surface area contributed by atoms with Gasteiger partial charge in [-0.15, -0.1) is 0 Å². The molecule has 0 radical (unpaired) electrons. The topological polar surface area (TPSA) is 231 Å². The van der Waals surface area contributed by atoms with Crippen molar-refractivity contribution in [1.82, 2.24) is 0 Å². The molecule has 111 heavy (non-hydrogen) atoms. The van der Waals surface area contributed by atoms with Crippen molar-refractivity contribution in [1.29, 1.82) is 0 Å². The number of esters is 3. The number of unbranched alkanes of at least 4 members (excludes halogenated alkanes) is 27. The Kier molecular flexibility index (Phi) is 80.0. The number of rotatable bonds is 80. The molecular weight excluding hydrogens is 1430 g/mol. The second-order valence-corrected chi connectivity index (χ2v) is 31.1. The molecule has 16 nitrogen and oxygen atoms in total. The summed E-state index contributed by atoms with van der Waals surface area (Å²) in [5.41, 5.74) is 0. The van der Waals surface area contributed by atoms with Crippen molar-refractivity contribution in [2.24, 2.45) is 0 Å². The number of phosphoric acid groups is 2. The van der Waals surface area contributed by atoms with Crippen LogP contribution < -0.4 is 0 Å². The van der Waals surface area contributed by atoms with Crippen LogP contribution in [0.1, 0.15) is 329 Å². The van der Waals surface area contributed by atoms with Crippen LogP contribution in [0.2, 0.25) is 0 Å². The van der Waals surface area contributed by atoms with E-state index in [1.165, 1.54) is 70.6 Å². The summed E-state index contributed by atoms with van der Waals surface area (Å²) >= 11 is 0. The molecule has 0 saturated carbocycles. The van der Waals surface area contributed by atoms with Gasteiger partial charge in [0.1, 0.15) is 25.4 Å². The minimum absolute atomic E-state index is 0.0846. The Bertz CT molecular complexity index is 2750. The molecule has 0 aromatic heterocycles. The molecule has 0 aromatic carbocycles. The van der Waals surface area contributed by atoms with E-state index < -0.39 is 91.5 Å². The fourth-order valence-corrected chi connectivity index (χ4v) is 12.7. The van der Waals surface area contributed by atoms with E-state index in [1.54, 1.807) is 0 Å². The number of ether oxygens (including phenoxy) is 3. The zero-order valence-corrected chi connectivity index (χ0v) is 71.1. The summed E-state index contributed by atoms with van der Waals surface area (Å²) in [5.74, 6) is -1.60. The zero-order valence-electron chi connectivity index (χ0n) is 69.3. The van der Waals surface area contributed by atoms with E-state index in [4.69, 9.17) is 32.3 Å². The third-order valence-electron chi connectivity index (χ3n) is 17.6. The highest BCUT2D eigenvalue weighted by molar-refractivity contribution is 7.47. The van der Waals surface area contributed by atoms with Crippen LogP contribution in [-0.2, 0) is 55.8 Å². The first-order chi connectivity index (χ1) is 54.2. The van der Waals surface area contributed by atoms with Crippen molar-refractivity contribution in [2.45, 2.75) is 347 Å². The average molecular weight is 1590 g/mol. The Morgan fingerprint density at radius 1 is 0.261 bits per heavy atom. The molecule has 0 rings (SSSR count). The Morgan fingerprint density at radius 2 is 0.477 bits per heavy atom. The minimum atomic E-state index is -4.95. The van der Waals surface area contributed by atoms with Gasteiger partial charge in [-0.25, -0.2) is 9.13 Å². The number of hydrogen-bond acceptors (Lipinski definition) is 14. The molecule has 18 heteroatoms. The molecule has 632 valence electrons. The molecule has 4 N–H and O–H groups in total. The number of carbonyl (C=O) groups is 3. The maximum atomic E-state index is 13.1. The Morgan fingerprint density at radius 3 is 0.757 bits per heavy atom. The van der Waals surface area contributed by atoms with E-state index in [0.29, 0.717) is 19.3 Å². The first-order valence-corrected chi connectivity index (χ1v) is 46.1. The number of aliphatic hydroxyl groups is 2. The lowest BCUT2D eigenvalue weighted by Gasteiger charge is -2.21. The minimum Gasteiger partial charge on any atom is -0.463 e. The fraction of sp³-hybridized carbons (Fsp3) is 0.645. The normalized spacial score (nSPS) is 14.8. The van der Waals surface area contributed by atoms with Crippen molar-refractivity contribution < 1.29 is 75.8 Å². The monoisotopic (exact) mass is 1590 g/mol. The quantitative estimate of drug-likeness (QED) is 0.0146. The van der Waals surface area contributed by atoms with Gasteiger partial charge < -0.3 is 34.2 Å². The number of aliphatic hydroxyl groups excluding tert-OH is 2. The Balaban J connectivity index is 4.71. The molecule has 0 aliphatic rings. The number of hydrogen-bond donors (Lipinski definition) is 4. The van der Waals surface area contributed by atoms with Crippen LogP contribution in [-0.4, -0.2) is 95.9 Å². The first kappa shape index (κ1) is 106. The van der Waals surface area contributed by atoms with Crippen molar-refractivity contribution in [3.05, 3.63) is 182 Å². The van der Waals surface area contributed by atoms with Crippen LogP contribution in [0.3, 0.4) is 0 Å². The van der Waals surface area contributed by atoms with Crippen LogP contribution in [0.4, 0.5) is 0 Å². The van der Waals surface area contributed by atoms with Crippen molar-refractivity contribution in [3.8, 4) is 0 Å². The van der Waals surface area contributed by atoms with Gasteiger partial charge in [0.05, 0.1) is 26.4 Å². The molecule has 5 atom stereocenters. The van der Waals surface area contributed by atoms with Gasteiger partial charge in [-0.2, -0.15) is 0 Å². The zero-order chi connectivity index (χ0) is 80.8. The molecule has 0 amide bonds. The van der Waals surface area contributed by atoms with E-state index >= 15 is 0 Å². The van der Waals surface area contributed by atoms with Crippen LogP contribution in [0.5, 0.6) is 0 Å². The maximum absolute atomic E-state index is 13.1. The molecule has 0 aromatic rings. The lowest BCUT2D eigenvalue weighted by atomic mass is 10.1. The second kappa shape index (κ2) is 84.1. The van der Waals surface area contributed by atoms with Crippen LogP contribution in [0, 0.1) is 0 Å². The molecule has 0 aliphatic carbocycles. The summed E-state index contributed by atoms with van der Waals surface area (Å²) in [6.07, 6.45) is 109. The summed E-state index contributed by atoms with van der Waals surface area (Å²) < 4.78 is 61.4. The summed E-state index contributed by atoms with van der Waals surface area (Å²) in [4.78, 5) is 58.9. The second-order valence-electron chi connectivity index (χ2n) is 28.2. The molecule has 5 unspecified atom stereocenters. The lowest BCUT2D eigenvalue weighted by molar-refractivity contribution is -0.161. The van der Waals surface area contributed by atoms with Gasteiger partial charge in [0.25, 0.3) is 0 Å². The number of allylic oxidation sites excluding steroid dienone is 30. The van der Waals surface area contributed by atoms with E-state index in [9.17, 15) is 43.5 Å². The Labute approximate surface area is 675 Å². The standard InChI is InChI=1S/C93H154O16P2/c1-4-7-10-13-16-19-22-25-28-31-34-37-40-42-43-45-48-49-52-55-58-61-64-67-70-73-76-79-91(96)103-82-88(94)83-105-110(99,100)106-84-89(95)85-107-111(101,102)108-87-90(109-93(98)81-78-75-72-69-66-63-60-57-54-51-46-39-36-33-30-27-24-21-18-15-12-9-6-3)86-104-92(97)80-77-74-71-68-65-62-59-56-53-50-47-44-41-38-35-32-29-26-23-20-17-14-11-8-5-2/h7-8,10-11,16-21,25-30,34-39,42-44,47-49,51,54,88-90,94-95H,4-6,9,12-15,22-24,31-33,40-41,45-46,50,52-53,55-87H2,1-3H3,(H,99,100)(H,101,102)/b10-7-,11-8-,19-16-,20-17-,21-18-,28-25-,29-26-,30-27-,37-34-,38-35-,39-36-,43-42-,47-44-,49-48-,54-51-. The molecule has 0 bridgehead atoms. The number of phosphoric ester groups is 2. The van der Waals surface area contributed by atoms with Gasteiger partial charge in [0, 0.05) is 19.3 Å². The summed E-state index contributed by atoms with van der Waals surface area (Å²) in [7, 11) is -9.82. The lowest BCUT2D eigenvalue weighted by Crippen LogP contribution is -2.30. The molecular formula is C93H154O16P2. The van der Waals surface area contributed by atoms with Crippen LogP contribution in [0.25, 0.3) is 0 Å². The number of carbonyl (C=O) groups excluding carboxylic acids is 3. The van der Waals surface area contributed by atoms with Gasteiger partial charge in [-0.05, 0) is 161 Å². The van der Waals surface area contributed by atoms with Gasteiger partial charge in [-0.1, -0.05) is 331 Å². The van der Waals surface area contributed by atoms with E-state index in [-0.39, 0.29) is 19.3 Å². The highest BCUT2D eigenvalue weighted by Crippen LogP contribution is 2.45. The SMILES string of the molecule is CC/C=C\C/C=C\C/C=C\C/C=C\C/C=C\C/C=C\CCCCCCCCCCC(=O)OCC(O)COP(=O)(O)OCC(O)COP(=O)(O)OCC(COC(=O)CCCCCCCCCCC/C=C\C/C=C\C/C=C\C/C=C\C/C=C\CC)OC(=O)CCCCCCCCC/C=C\C/C=C\C/C=C\C/C=C\CCCCC. The fourth-order valence-electron chi connectivity index (χ4n) is 11.1. The van der Waals surface area contributed by atoms with E-state index in [0.717, 1.165) is 199 Å². The third-order valence-corrected chi connectivity index (χ3v) is 19.5. The van der Waals surface area contributed by atoms with Crippen molar-refractivity contribution in [2.75, 3.05) is 39.6 Å². The van der Waals surface area contributed by atoms with Crippen molar-refractivity contribution in [3.63, 3.8) is 0 Å². The molecule has 0 saturated heterocycles. The van der Waals surface area contributed by atoms with E-state index in [1.807, 2.05) is 0 Å². The predicted molar refractivity (Wildman–Crippen MR) is 463 cm³/mol. The first-order valence-electron chi connectivity index (χ1n) is 43.1. The van der Waals surface area contributed by atoms with Gasteiger partial charge in [0.15, 0.2) is 6.10 Å². The molecule has 0 aliphatic heterocycles. The Hall–Kier alpha value is -5.35. The summed E-state index contributed by atoms with van der Waals surface area (Å²) in [6, 6.07) is 0. The third kappa shape index (κ3) is 85.4. The van der Waals surface area contributed by atoms with Gasteiger partial charge >= 0.3 is 33.6 Å². The maximum Gasteiger partial charge on any atom is 0.472 e. The van der Waals surface area contributed by atoms with Gasteiger partial charge in [-0.3, -0.25) is 32.5 Å². The average Bonchev–Trinajstić information content (AvgIpc) is 0.897. The predicted octanol–water partition coefficient (Wildman–Crippen LogP) is 26.1.